The van der Waals surface area contributed by atoms with Crippen molar-refractivity contribution in [2.24, 2.45) is 0 Å². The first-order valence-corrected chi connectivity index (χ1v) is 6.94. The molecule has 0 fully saturated rings. The number of carbonyl (C=O) groups is 1. The summed E-state index contributed by atoms with van der Waals surface area (Å²) in [6, 6.07) is 6.39. The summed E-state index contributed by atoms with van der Waals surface area (Å²) in [5.41, 5.74) is -1.63. The highest BCUT2D eigenvalue weighted by Gasteiger charge is 2.32. The monoisotopic (exact) mass is 339 g/mol. The van der Waals surface area contributed by atoms with Crippen molar-refractivity contribution in [2.75, 3.05) is 11.9 Å². The number of H-pyrrole nitrogens is 1. The minimum Gasteiger partial charge on any atom is -0.491 e. The van der Waals surface area contributed by atoms with Crippen molar-refractivity contribution in [3.8, 4) is 5.75 Å². The molecule has 2 aromatic rings. The predicted octanol–water partition coefficient (Wildman–Crippen LogP) is 2.65. The van der Waals surface area contributed by atoms with Gasteiger partial charge in [0.15, 0.2) is 0 Å². The van der Waals surface area contributed by atoms with Gasteiger partial charge < -0.3 is 20.4 Å². The van der Waals surface area contributed by atoms with Crippen molar-refractivity contribution in [2.45, 2.75) is 12.2 Å². The van der Waals surface area contributed by atoms with E-state index in [0.29, 0.717) is 18.0 Å². The summed E-state index contributed by atoms with van der Waals surface area (Å²) in [5, 5.41) is 4.69. The molecule has 6 nitrogen and oxygen atoms in total. The van der Waals surface area contributed by atoms with Crippen molar-refractivity contribution in [3.05, 3.63) is 58.0 Å². The van der Waals surface area contributed by atoms with Crippen LogP contribution in [0.1, 0.15) is 17.2 Å². The van der Waals surface area contributed by atoms with Crippen LogP contribution in [-0.2, 0) is 6.18 Å². The molecule has 3 N–H and O–H groups in total. The normalized spacial score (nSPS) is 16.2. The van der Waals surface area contributed by atoms with Crippen molar-refractivity contribution in [1.29, 1.82) is 0 Å². The largest absolute Gasteiger partial charge is 0.491 e. The van der Waals surface area contributed by atoms with Crippen LogP contribution in [0.3, 0.4) is 0 Å². The number of pyridine rings is 1. The van der Waals surface area contributed by atoms with Crippen molar-refractivity contribution >= 4 is 11.7 Å². The van der Waals surface area contributed by atoms with E-state index in [1.165, 1.54) is 0 Å². The first-order chi connectivity index (χ1) is 11.3. The molecule has 9 heteroatoms. The van der Waals surface area contributed by atoms with E-state index in [1.807, 2.05) is 4.98 Å². The summed E-state index contributed by atoms with van der Waals surface area (Å²) >= 11 is 0. The van der Waals surface area contributed by atoms with E-state index in [-0.39, 0.29) is 6.61 Å². The highest BCUT2D eigenvalue weighted by Crippen LogP contribution is 2.32. The number of ether oxygens (including phenoxy) is 1. The number of nitrogens with one attached hydrogen (secondary N) is 3. The van der Waals surface area contributed by atoms with Gasteiger partial charge in [0.05, 0.1) is 11.6 Å². The van der Waals surface area contributed by atoms with Crippen molar-refractivity contribution < 1.29 is 22.7 Å². The zero-order valence-corrected chi connectivity index (χ0v) is 12.1. The molecule has 1 aromatic carbocycles. The van der Waals surface area contributed by atoms with Crippen LogP contribution in [0.25, 0.3) is 0 Å². The Hall–Kier alpha value is -2.97. The Balaban J connectivity index is 1.73. The molecule has 2 heterocycles. The fourth-order valence-electron chi connectivity index (χ4n) is 2.34. The van der Waals surface area contributed by atoms with Gasteiger partial charge in [-0.25, -0.2) is 4.79 Å². The van der Waals surface area contributed by atoms with Crippen molar-refractivity contribution in [1.82, 2.24) is 10.3 Å². The third kappa shape index (κ3) is 3.19. The minimum atomic E-state index is -4.63. The van der Waals surface area contributed by atoms with Gasteiger partial charge in [0.2, 0.25) is 0 Å². The number of carbonyl (C=O) groups excluding carboxylic acids is 1. The van der Waals surface area contributed by atoms with Crippen LogP contribution in [0.4, 0.5) is 23.7 Å². The van der Waals surface area contributed by atoms with Crippen LogP contribution in [0.2, 0.25) is 0 Å². The molecule has 1 aliphatic heterocycles. The molecule has 1 aromatic heterocycles. The van der Waals surface area contributed by atoms with Gasteiger partial charge >= 0.3 is 12.2 Å². The maximum absolute atomic E-state index is 12.7. The number of para-hydroxylation sites is 1. The molecule has 1 aliphatic rings. The van der Waals surface area contributed by atoms with Gasteiger partial charge in [-0.15, -0.1) is 0 Å². The molecule has 0 radical (unpaired) electrons. The number of aromatic amines is 1. The standard InChI is InChI=1S/C15H12F3N3O3/c16-15(17,18)8-5-10(13(22)19-6-8)20-14(23)21-11-7-24-12-4-2-1-3-9(11)12/h1-6,11H,7H2,(H,19,22)(H2,20,21,23). The van der Waals surface area contributed by atoms with Gasteiger partial charge in [-0.2, -0.15) is 13.2 Å². The lowest BCUT2D eigenvalue weighted by Crippen LogP contribution is -2.35. The van der Waals surface area contributed by atoms with Crippen molar-refractivity contribution in [3.63, 3.8) is 0 Å². The van der Waals surface area contributed by atoms with Crippen LogP contribution in [0, 0.1) is 0 Å². The number of amides is 2. The maximum Gasteiger partial charge on any atom is 0.417 e. The molecular weight excluding hydrogens is 327 g/mol. The van der Waals surface area contributed by atoms with E-state index < -0.39 is 35.1 Å². The van der Waals surface area contributed by atoms with Gasteiger partial charge in [0.25, 0.3) is 5.56 Å². The SMILES string of the molecule is O=C(Nc1cc(C(F)(F)F)c[nH]c1=O)NC1COc2ccccc21. The molecule has 0 saturated heterocycles. The number of anilines is 1. The second-order valence-electron chi connectivity index (χ2n) is 5.13. The van der Waals surface area contributed by atoms with E-state index >= 15 is 0 Å². The summed E-state index contributed by atoms with van der Waals surface area (Å²) in [5.74, 6) is 0.625. The number of alkyl halides is 3. The van der Waals surface area contributed by atoms with E-state index in [2.05, 4.69) is 10.6 Å². The lowest BCUT2D eigenvalue weighted by molar-refractivity contribution is -0.137. The number of urea groups is 1. The third-order valence-corrected chi connectivity index (χ3v) is 3.48. The van der Waals surface area contributed by atoms with Crippen LogP contribution in [-0.4, -0.2) is 17.6 Å². The van der Waals surface area contributed by atoms with Crippen LogP contribution in [0.15, 0.2) is 41.3 Å². The summed E-state index contributed by atoms with van der Waals surface area (Å²) in [6.07, 6.45) is -4.08. The summed E-state index contributed by atoms with van der Waals surface area (Å²) in [4.78, 5) is 25.5. The second kappa shape index (κ2) is 5.91. The lowest BCUT2D eigenvalue weighted by Gasteiger charge is -2.13. The lowest BCUT2D eigenvalue weighted by atomic mass is 10.1. The highest BCUT2D eigenvalue weighted by molar-refractivity contribution is 5.89. The number of fused-ring (bicyclic) bond motifs is 1. The zero-order chi connectivity index (χ0) is 17.3. The quantitative estimate of drug-likeness (QED) is 0.787. The van der Waals surface area contributed by atoms with Gasteiger partial charge in [-0.05, 0) is 12.1 Å². The Labute approximate surface area is 133 Å². The second-order valence-corrected chi connectivity index (χ2v) is 5.13. The zero-order valence-electron chi connectivity index (χ0n) is 12.1. The van der Waals surface area contributed by atoms with Gasteiger partial charge in [-0.3, -0.25) is 4.79 Å². The van der Waals surface area contributed by atoms with Gasteiger partial charge in [0.1, 0.15) is 18.0 Å². The number of benzene rings is 1. The van der Waals surface area contributed by atoms with Crippen LogP contribution < -0.4 is 20.9 Å². The van der Waals surface area contributed by atoms with Crippen LogP contribution >= 0.6 is 0 Å². The molecule has 1 atom stereocenters. The average Bonchev–Trinajstić information content (AvgIpc) is 2.91. The fourth-order valence-corrected chi connectivity index (χ4v) is 2.34. The number of hydrogen-bond donors (Lipinski definition) is 3. The van der Waals surface area contributed by atoms with E-state index in [4.69, 9.17) is 4.74 Å². The summed E-state index contributed by atoms with van der Waals surface area (Å²) < 4.78 is 43.4. The Kier molecular flexibility index (Phi) is 3.92. The first-order valence-electron chi connectivity index (χ1n) is 6.94. The van der Waals surface area contributed by atoms with Crippen LogP contribution in [0.5, 0.6) is 5.75 Å². The smallest absolute Gasteiger partial charge is 0.417 e. The molecule has 126 valence electrons. The minimum absolute atomic E-state index is 0.200. The maximum atomic E-state index is 12.7. The summed E-state index contributed by atoms with van der Waals surface area (Å²) in [6.45, 7) is 0.200. The first kappa shape index (κ1) is 15.9. The number of aromatic nitrogens is 1. The molecule has 0 bridgehead atoms. The van der Waals surface area contributed by atoms with Gasteiger partial charge in [-0.1, -0.05) is 18.2 Å². The predicted molar refractivity (Wildman–Crippen MR) is 78.9 cm³/mol. The fraction of sp³-hybridized carbons (Fsp3) is 0.200. The number of hydrogen-bond acceptors (Lipinski definition) is 3. The Morgan fingerprint density at radius 2 is 2.04 bits per heavy atom. The Bertz CT molecular complexity index is 832. The Morgan fingerprint density at radius 1 is 1.29 bits per heavy atom. The molecule has 24 heavy (non-hydrogen) atoms. The van der Waals surface area contributed by atoms with E-state index in [1.54, 1.807) is 24.3 Å². The summed E-state index contributed by atoms with van der Waals surface area (Å²) in [7, 11) is 0. The molecule has 0 saturated carbocycles. The highest BCUT2D eigenvalue weighted by atomic mass is 19.4. The average molecular weight is 339 g/mol. The molecule has 3 rings (SSSR count). The molecule has 0 aliphatic carbocycles. The Morgan fingerprint density at radius 3 is 2.79 bits per heavy atom. The van der Waals surface area contributed by atoms with Gasteiger partial charge in [0, 0.05) is 11.8 Å². The third-order valence-electron chi connectivity index (χ3n) is 3.48. The molecule has 1 unspecified atom stereocenters. The van der Waals surface area contributed by atoms with E-state index in [9.17, 15) is 22.8 Å². The molecular formula is C15H12F3N3O3. The molecule has 0 spiro atoms. The molecule has 2 amide bonds. The number of halogens is 3. The topological polar surface area (TPSA) is 83.2 Å². The number of rotatable bonds is 2. The van der Waals surface area contributed by atoms with E-state index in [0.717, 1.165) is 5.56 Å².